The van der Waals surface area contributed by atoms with E-state index in [1.807, 2.05) is 25.1 Å². The summed E-state index contributed by atoms with van der Waals surface area (Å²) in [6, 6.07) is 12.3. The van der Waals surface area contributed by atoms with E-state index in [1.165, 1.54) is 12.8 Å². The van der Waals surface area contributed by atoms with Gasteiger partial charge in [-0.15, -0.1) is 0 Å². The predicted octanol–water partition coefficient (Wildman–Crippen LogP) is 3.17. The van der Waals surface area contributed by atoms with E-state index in [4.69, 9.17) is 0 Å². The maximum absolute atomic E-state index is 12.7. The van der Waals surface area contributed by atoms with Gasteiger partial charge in [0.15, 0.2) is 0 Å². The van der Waals surface area contributed by atoms with Crippen LogP contribution in [-0.4, -0.2) is 42.1 Å². The molecule has 2 aromatic rings. The number of carbonyl (C=O) groups is 1. The third-order valence-corrected chi connectivity index (χ3v) is 5.92. The Labute approximate surface area is 167 Å². The fourth-order valence-corrected chi connectivity index (χ4v) is 4.16. The summed E-state index contributed by atoms with van der Waals surface area (Å²) in [4.78, 5) is 26.2. The standard InChI is InChI=1S/C22H29N5O/c1-17(18-7-3-2-4-8-18)25-22(28)19-9-13-27(14-10-19)21-15-20(23-16-24-21)26-11-5-6-12-26/h2-4,7-8,15-17,19H,5-6,9-14H2,1H3,(H,25,28)/t17-/m0/s1. The van der Waals surface area contributed by atoms with Crippen LogP contribution in [0.1, 0.15) is 44.2 Å². The van der Waals surface area contributed by atoms with Crippen molar-refractivity contribution < 1.29 is 4.79 Å². The van der Waals surface area contributed by atoms with Crippen molar-refractivity contribution in [1.29, 1.82) is 0 Å². The Kier molecular flexibility index (Phi) is 5.74. The number of hydrogen-bond acceptors (Lipinski definition) is 5. The Morgan fingerprint density at radius 1 is 1.00 bits per heavy atom. The van der Waals surface area contributed by atoms with Crippen LogP contribution in [0.25, 0.3) is 0 Å². The lowest BCUT2D eigenvalue weighted by molar-refractivity contribution is -0.126. The van der Waals surface area contributed by atoms with E-state index < -0.39 is 0 Å². The first-order valence-corrected chi connectivity index (χ1v) is 10.4. The third kappa shape index (κ3) is 4.26. The topological polar surface area (TPSA) is 61.4 Å². The lowest BCUT2D eigenvalue weighted by Gasteiger charge is -2.33. The molecule has 2 saturated heterocycles. The van der Waals surface area contributed by atoms with Crippen LogP contribution in [0.4, 0.5) is 11.6 Å². The molecule has 28 heavy (non-hydrogen) atoms. The summed E-state index contributed by atoms with van der Waals surface area (Å²) < 4.78 is 0. The highest BCUT2D eigenvalue weighted by Crippen LogP contribution is 2.26. The van der Waals surface area contributed by atoms with E-state index in [0.29, 0.717) is 0 Å². The van der Waals surface area contributed by atoms with Crippen molar-refractivity contribution in [2.24, 2.45) is 5.92 Å². The average Bonchev–Trinajstić information content (AvgIpc) is 3.29. The van der Waals surface area contributed by atoms with Crippen molar-refractivity contribution in [3.63, 3.8) is 0 Å². The lowest BCUT2D eigenvalue weighted by atomic mass is 9.95. The molecule has 3 heterocycles. The highest BCUT2D eigenvalue weighted by atomic mass is 16.1. The number of nitrogens with zero attached hydrogens (tertiary/aromatic N) is 4. The van der Waals surface area contributed by atoms with Gasteiger partial charge < -0.3 is 15.1 Å². The summed E-state index contributed by atoms with van der Waals surface area (Å²) in [5, 5.41) is 3.18. The number of benzene rings is 1. The van der Waals surface area contributed by atoms with E-state index in [9.17, 15) is 4.79 Å². The van der Waals surface area contributed by atoms with E-state index >= 15 is 0 Å². The van der Waals surface area contributed by atoms with Gasteiger partial charge in [0.2, 0.25) is 5.91 Å². The van der Waals surface area contributed by atoms with Crippen molar-refractivity contribution >= 4 is 17.5 Å². The molecule has 0 spiro atoms. The SMILES string of the molecule is C[C@H](NC(=O)C1CCN(c2cc(N3CCCC3)ncn2)CC1)c1ccccc1. The molecule has 0 saturated carbocycles. The first-order valence-electron chi connectivity index (χ1n) is 10.4. The van der Waals surface area contributed by atoms with Gasteiger partial charge in [-0.25, -0.2) is 9.97 Å². The zero-order chi connectivity index (χ0) is 19.3. The number of amides is 1. The molecule has 0 unspecified atom stereocenters. The molecule has 0 aliphatic carbocycles. The molecule has 6 nitrogen and oxygen atoms in total. The molecule has 2 aliphatic rings. The molecule has 4 rings (SSSR count). The molecule has 0 bridgehead atoms. The van der Waals surface area contributed by atoms with Crippen molar-refractivity contribution in [2.75, 3.05) is 36.0 Å². The minimum Gasteiger partial charge on any atom is -0.356 e. The monoisotopic (exact) mass is 379 g/mol. The zero-order valence-electron chi connectivity index (χ0n) is 16.6. The number of aromatic nitrogens is 2. The minimum atomic E-state index is 0.0385. The van der Waals surface area contributed by atoms with Gasteiger partial charge in [-0.3, -0.25) is 4.79 Å². The molecule has 1 aromatic heterocycles. The Bertz CT molecular complexity index is 783. The summed E-state index contributed by atoms with van der Waals surface area (Å²) in [6.07, 6.45) is 5.86. The number of carbonyl (C=O) groups excluding carboxylic acids is 1. The van der Waals surface area contributed by atoms with Gasteiger partial charge in [0.05, 0.1) is 6.04 Å². The molecule has 1 aromatic carbocycles. The summed E-state index contributed by atoms with van der Waals surface area (Å²) in [5.74, 6) is 2.24. The number of anilines is 2. The second kappa shape index (κ2) is 8.59. The van der Waals surface area contributed by atoms with Crippen LogP contribution < -0.4 is 15.1 Å². The summed E-state index contributed by atoms with van der Waals surface area (Å²) in [6.45, 7) is 5.92. The lowest BCUT2D eigenvalue weighted by Crippen LogP contribution is -2.41. The van der Waals surface area contributed by atoms with E-state index in [0.717, 1.165) is 56.2 Å². The molecule has 2 fully saturated rings. The summed E-state index contributed by atoms with van der Waals surface area (Å²) in [7, 11) is 0. The van der Waals surface area contributed by atoms with Gasteiger partial charge >= 0.3 is 0 Å². The highest BCUT2D eigenvalue weighted by molar-refractivity contribution is 5.79. The van der Waals surface area contributed by atoms with Gasteiger partial charge in [0.25, 0.3) is 0 Å². The van der Waals surface area contributed by atoms with Crippen LogP contribution in [0.15, 0.2) is 42.7 Å². The Hall–Kier alpha value is -2.63. The van der Waals surface area contributed by atoms with E-state index in [2.05, 4.69) is 43.3 Å². The van der Waals surface area contributed by atoms with Crippen LogP contribution in [0.5, 0.6) is 0 Å². The molecule has 148 valence electrons. The average molecular weight is 380 g/mol. The van der Waals surface area contributed by atoms with E-state index in [-0.39, 0.29) is 17.9 Å². The smallest absolute Gasteiger partial charge is 0.223 e. The third-order valence-electron chi connectivity index (χ3n) is 5.92. The maximum atomic E-state index is 12.7. The molecule has 0 radical (unpaired) electrons. The van der Waals surface area contributed by atoms with Gasteiger partial charge in [-0.1, -0.05) is 30.3 Å². The van der Waals surface area contributed by atoms with Gasteiger partial charge in [0, 0.05) is 38.2 Å². The van der Waals surface area contributed by atoms with Crippen molar-refractivity contribution in [2.45, 2.75) is 38.6 Å². The van der Waals surface area contributed by atoms with Gasteiger partial charge in [-0.2, -0.15) is 0 Å². The van der Waals surface area contributed by atoms with Crippen LogP contribution in [0, 0.1) is 5.92 Å². The predicted molar refractivity (Wildman–Crippen MR) is 111 cm³/mol. The minimum absolute atomic E-state index is 0.0385. The number of rotatable bonds is 5. The Morgan fingerprint density at radius 3 is 2.25 bits per heavy atom. The van der Waals surface area contributed by atoms with Crippen molar-refractivity contribution in [3.8, 4) is 0 Å². The van der Waals surface area contributed by atoms with Gasteiger partial charge in [0.1, 0.15) is 18.0 Å². The highest BCUT2D eigenvalue weighted by Gasteiger charge is 2.27. The number of nitrogens with one attached hydrogen (secondary N) is 1. The van der Waals surface area contributed by atoms with E-state index in [1.54, 1.807) is 6.33 Å². The molecular formula is C22H29N5O. The van der Waals surface area contributed by atoms with Crippen LogP contribution in [-0.2, 0) is 4.79 Å². The quantitative estimate of drug-likeness (QED) is 0.865. The zero-order valence-corrected chi connectivity index (χ0v) is 16.6. The van der Waals surface area contributed by atoms with Crippen LogP contribution >= 0.6 is 0 Å². The second-order valence-corrected chi connectivity index (χ2v) is 7.83. The largest absolute Gasteiger partial charge is 0.356 e. The molecule has 1 N–H and O–H groups in total. The van der Waals surface area contributed by atoms with Crippen molar-refractivity contribution in [3.05, 3.63) is 48.3 Å². The Balaban J connectivity index is 1.32. The molecule has 6 heteroatoms. The van der Waals surface area contributed by atoms with Crippen molar-refractivity contribution in [1.82, 2.24) is 15.3 Å². The number of hydrogen-bond donors (Lipinski definition) is 1. The normalized spacial score (nSPS) is 18.9. The molecular weight excluding hydrogens is 350 g/mol. The first kappa shape index (κ1) is 18.7. The fraction of sp³-hybridized carbons (Fsp3) is 0.500. The summed E-state index contributed by atoms with van der Waals surface area (Å²) >= 11 is 0. The van der Waals surface area contributed by atoms with Crippen LogP contribution in [0.3, 0.4) is 0 Å². The fourth-order valence-electron chi connectivity index (χ4n) is 4.16. The summed E-state index contributed by atoms with van der Waals surface area (Å²) in [5.41, 5.74) is 1.14. The Morgan fingerprint density at radius 2 is 1.61 bits per heavy atom. The first-order chi connectivity index (χ1) is 13.7. The van der Waals surface area contributed by atoms with Gasteiger partial charge in [-0.05, 0) is 38.2 Å². The maximum Gasteiger partial charge on any atom is 0.223 e. The number of piperidine rings is 1. The molecule has 1 atom stereocenters. The molecule has 2 aliphatic heterocycles. The second-order valence-electron chi connectivity index (χ2n) is 7.83. The molecule has 1 amide bonds. The van der Waals surface area contributed by atoms with Crippen LogP contribution in [0.2, 0.25) is 0 Å².